The second-order valence-corrected chi connectivity index (χ2v) is 4.12. The van der Waals surface area contributed by atoms with Crippen LogP contribution in [-0.2, 0) is 0 Å². The summed E-state index contributed by atoms with van der Waals surface area (Å²) in [5.74, 6) is 0.282. The molecule has 0 saturated heterocycles. The molecule has 0 nitrogen and oxygen atoms in total. The molecule has 1 saturated carbocycles. The molecule has 0 N–H and O–H groups in total. The summed E-state index contributed by atoms with van der Waals surface area (Å²) < 4.78 is 12.8. The van der Waals surface area contributed by atoms with Gasteiger partial charge in [0.1, 0.15) is 0 Å². The average molecular weight is 202 g/mol. The first-order chi connectivity index (χ1) is 7.36. The zero-order valence-corrected chi connectivity index (χ0v) is 8.80. The minimum absolute atomic E-state index is 0.356. The molecule has 0 aromatic carbocycles. The Balaban J connectivity index is 2.19. The fourth-order valence-electron chi connectivity index (χ4n) is 2.21. The van der Waals surface area contributed by atoms with Crippen molar-refractivity contribution in [2.45, 2.75) is 32.1 Å². The zero-order valence-electron chi connectivity index (χ0n) is 8.80. The summed E-state index contributed by atoms with van der Waals surface area (Å²) in [4.78, 5) is 0. The summed E-state index contributed by atoms with van der Waals surface area (Å²) in [5, 5.41) is 0. The van der Waals surface area contributed by atoms with Gasteiger partial charge in [0.15, 0.2) is 5.83 Å². The van der Waals surface area contributed by atoms with Crippen molar-refractivity contribution in [2.75, 3.05) is 0 Å². The second-order valence-electron chi connectivity index (χ2n) is 4.12. The molecule has 0 radical (unpaired) electrons. The Bertz CT molecular complexity index is 380. The van der Waals surface area contributed by atoms with Crippen molar-refractivity contribution >= 4 is 0 Å². The van der Waals surface area contributed by atoms with Crippen molar-refractivity contribution < 1.29 is 4.39 Å². The zero-order chi connectivity index (χ0) is 10.5. The van der Waals surface area contributed by atoms with E-state index in [-0.39, 0.29) is 5.83 Å². The van der Waals surface area contributed by atoms with Crippen molar-refractivity contribution in [1.82, 2.24) is 0 Å². The van der Waals surface area contributed by atoms with Gasteiger partial charge in [-0.3, -0.25) is 0 Å². The first-order valence-electron chi connectivity index (χ1n) is 5.62. The number of hydrogen-bond acceptors (Lipinski definition) is 0. The summed E-state index contributed by atoms with van der Waals surface area (Å²) in [6.07, 6.45) is 13.6. The van der Waals surface area contributed by atoms with E-state index in [0.29, 0.717) is 5.92 Å². The molecule has 0 heterocycles. The summed E-state index contributed by atoms with van der Waals surface area (Å²) in [7, 11) is 0. The van der Waals surface area contributed by atoms with Gasteiger partial charge in [-0.1, -0.05) is 37.1 Å². The maximum atomic E-state index is 12.8. The lowest BCUT2D eigenvalue weighted by molar-refractivity contribution is 0.408. The Kier molecular flexibility index (Phi) is 3.40. The van der Waals surface area contributed by atoms with E-state index in [4.69, 9.17) is 0 Å². The van der Waals surface area contributed by atoms with Gasteiger partial charge >= 0.3 is 0 Å². The molecule has 2 aliphatic rings. The molecule has 0 spiro atoms. The number of rotatable bonds is 1. The Morgan fingerprint density at radius 3 is 2.80 bits per heavy atom. The third-order valence-electron chi connectivity index (χ3n) is 3.04. The summed E-state index contributed by atoms with van der Waals surface area (Å²) in [5.41, 5.74) is 6.52. The van der Waals surface area contributed by atoms with Crippen LogP contribution < -0.4 is 0 Å². The third kappa shape index (κ3) is 2.83. The molecule has 2 aliphatic carbocycles. The predicted octanol–water partition coefficient (Wildman–Crippen LogP) is 4.23. The first kappa shape index (κ1) is 10.2. The van der Waals surface area contributed by atoms with Crippen LogP contribution in [0, 0.1) is 5.92 Å². The van der Waals surface area contributed by atoms with Crippen LogP contribution in [0.4, 0.5) is 4.39 Å². The smallest absolute Gasteiger partial charge is 0.173 e. The van der Waals surface area contributed by atoms with Crippen molar-refractivity contribution in [3.8, 4) is 0 Å². The Morgan fingerprint density at radius 2 is 2.00 bits per heavy atom. The van der Waals surface area contributed by atoms with Gasteiger partial charge in [-0.05, 0) is 42.2 Å². The minimum Gasteiger partial charge on any atom is -0.197 e. The van der Waals surface area contributed by atoms with Crippen LogP contribution in [0.5, 0.6) is 0 Å². The highest BCUT2D eigenvalue weighted by atomic mass is 19.1. The van der Waals surface area contributed by atoms with E-state index in [2.05, 4.69) is 11.5 Å². The maximum Gasteiger partial charge on any atom is 0.173 e. The largest absolute Gasteiger partial charge is 0.197 e. The lowest BCUT2D eigenvalue weighted by Gasteiger charge is -2.22. The number of halogens is 1. The van der Waals surface area contributed by atoms with Gasteiger partial charge in [0.05, 0.1) is 0 Å². The third-order valence-corrected chi connectivity index (χ3v) is 3.04. The molecule has 0 aliphatic heterocycles. The standard InChI is InChI=1S/C14H15F/c15-14-10-4-8-13(9-5-11-14)12-6-2-1-3-7-12/h4,8-10,12H,1-3,6-7H2/b8-4?,10-4-,13-8+,13-9?,14-10?. The van der Waals surface area contributed by atoms with Crippen LogP contribution in [0.15, 0.2) is 47.2 Å². The SMILES string of the molecule is FC1=C=C=C/C(C2CCCCC2)=C\C=C/1. The molecular weight excluding hydrogens is 187 g/mol. The van der Waals surface area contributed by atoms with Crippen molar-refractivity contribution in [2.24, 2.45) is 5.92 Å². The normalized spacial score (nSPS) is 27.5. The molecule has 1 heteroatoms. The van der Waals surface area contributed by atoms with Gasteiger partial charge in [0.25, 0.3) is 0 Å². The summed E-state index contributed by atoms with van der Waals surface area (Å²) in [6.45, 7) is 0. The molecule has 15 heavy (non-hydrogen) atoms. The second kappa shape index (κ2) is 4.98. The van der Waals surface area contributed by atoms with Crippen LogP contribution >= 0.6 is 0 Å². The lowest BCUT2D eigenvalue weighted by atomic mass is 9.83. The quantitative estimate of drug-likeness (QED) is 0.558. The van der Waals surface area contributed by atoms with E-state index in [1.54, 1.807) is 6.08 Å². The van der Waals surface area contributed by atoms with E-state index in [9.17, 15) is 4.39 Å². The van der Waals surface area contributed by atoms with Crippen molar-refractivity contribution in [1.29, 1.82) is 0 Å². The van der Waals surface area contributed by atoms with Gasteiger partial charge in [-0.25, -0.2) is 0 Å². The highest BCUT2D eigenvalue weighted by Crippen LogP contribution is 2.30. The molecule has 0 amide bonds. The predicted molar refractivity (Wildman–Crippen MR) is 60.0 cm³/mol. The Hall–Kier alpha value is -1.29. The summed E-state index contributed by atoms with van der Waals surface area (Å²) in [6, 6.07) is 0. The van der Waals surface area contributed by atoms with Gasteiger partial charge < -0.3 is 0 Å². The molecule has 0 unspecified atom stereocenters. The molecule has 0 aromatic rings. The van der Waals surface area contributed by atoms with E-state index in [1.807, 2.05) is 12.2 Å². The Labute approximate surface area is 90.2 Å². The number of hydrogen-bond donors (Lipinski definition) is 0. The highest BCUT2D eigenvalue weighted by Gasteiger charge is 2.15. The van der Waals surface area contributed by atoms with Gasteiger partial charge in [0, 0.05) is 0 Å². The van der Waals surface area contributed by atoms with Crippen LogP contribution in [0.3, 0.4) is 0 Å². The molecule has 78 valence electrons. The first-order valence-corrected chi connectivity index (χ1v) is 5.62. The van der Waals surface area contributed by atoms with Crippen LogP contribution in [0.25, 0.3) is 0 Å². The molecule has 0 atom stereocenters. The molecular formula is C14H15F. The fraction of sp³-hybridized carbons (Fsp3) is 0.429. The van der Waals surface area contributed by atoms with E-state index in [0.717, 1.165) is 0 Å². The van der Waals surface area contributed by atoms with Crippen molar-refractivity contribution in [3.63, 3.8) is 0 Å². The van der Waals surface area contributed by atoms with Gasteiger partial charge in [0.2, 0.25) is 0 Å². The molecule has 0 bridgehead atoms. The van der Waals surface area contributed by atoms with Crippen LogP contribution in [0.1, 0.15) is 32.1 Å². The average Bonchev–Trinajstić information content (AvgIpc) is 2.24. The van der Waals surface area contributed by atoms with Crippen LogP contribution in [0.2, 0.25) is 0 Å². The van der Waals surface area contributed by atoms with Gasteiger partial charge in [-0.15, -0.1) is 0 Å². The van der Waals surface area contributed by atoms with Gasteiger partial charge in [-0.2, -0.15) is 4.39 Å². The van der Waals surface area contributed by atoms with Crippen LogP contribution in [-0.4, -0.2) is 0 Å². The summed E-state index contributed by atoms with van der Waals surface area (Å²) >= 11 is 0. The van der Waals surface area contributed by atoms with Crippen molar-refractivity contribution in [3.05, 3.63) is 47.2 Å². The van der Waals surface area contributed by atoms with E-state index >= 15 is 0 Å². The Morgan fingerprint density at radius 1 is 1.20 bits per heavy atom. The monoisotopic (exact) mass is 202 g/mol. The van der Waals surface area contributed by atoms with E-state index in [1.165, 1.54) is 43.8 Å². The highest BCUT2D eigenvalue weighted by molar-refractivity contribution is 5.30. The fourth-order valence-corrected chi connectivity index (χ4v) is 2.21. The molecule has 0 aromatic heterocycles. The minimum atomic E-state index is -0.356. The maximum absolute atomic E-state index is 12.8. The number of allylic oxidation sites excluding steroid dienone is 6. The topological polar surface area (TPSA) is 0 Å². The molecule has 2 rings (SSSR count). The molecule has 1 fully saturated rings. The van der Waals surface area contributed by atoms with E-state index < -0.39 is 0 Å². The lowest BCUT2D eigenvalue weighted by Crippen LogP contribution is -2.07.